The molecule has 1 unspecified atom stereocenters. The number of rotatable bonds is 3. The minimum Gasteiger partial charge on any atom is -0.307 e. The summed E-state index contributed by atoms with van der Waals surface area (Å²) < 4.78 is 0. The van der Waals surface area contributed by atoms with E-state index in [2.05, 4.69) is 32.8 Å². The first-order valence-electron chi connectivity index (χ1n) is 3.35. The molecule has 0 bridgehead atoms. The lowest BCUT2D eigenvalue weighted by Crippen LogP contribution is -2.23. The van der Waals surface area contributed by atoms with Crippen molar-refractivity contribution in [3.63, 3.8) is 0 Å². The van der Waals surface area contributed by atoms with Crippen LogP contribution in [0.15, 0.2) is 0 Å². The lowest BCUT2D eigenvalue weighted by Gasteiger charge is -2.17. The highest BCUT2D eigenvalue weighted by atomic mass is 35.5. The van der Waals surface area contributed by atoms with E-state index in [1.165, 1.54) is 12.8 Å². The SMILES string of the molecule is CCCC(C)N(C)C.Cl. The Kier molecular flexibility index (Phi) is 8.48. The van der Waals surface area contributed by atoms with Crippen LogP contribution in [-0.4, -0.2) is 25.0 Å². The molecule has 2 heteroatoms. The van der Waals surface area contributed by atoms with Crippen LogP contribution in [0.5, 0.6) is 0 Å². The van der Waals surface area contributed by atoms with Gasteiger partial charge in [0.25, 0.3) is 0 Å². The van der Waals surface area contributed by atoms with Gasteiger partial charge >= 0.3 is 0 Å². The molecule has 1 nitrogen and oxygen atoms in total. The highest BCUT2D eigenvalue weighted by Crippen LogP contribution is 1.99. The lowest BCUT2D eigenvalue weighted by atomic mass is 10.2. The van der Waals surface area contributed by atoms with Crippen LogP contribution < -0.4 is 0 Å². The first-order chi connectivity index (χ1) is 3.68. The molecular formula is C7H18ClN. The van der Waals surface area contributed by atoms with Crippen LogP contribution in [0.1, 0.15) is 26.7 Å². The number of halogens is 1. The van der Waals surface area contributed by atoms with Crippen molar-refractivity contribution in [1.29, 1.82) is 0 Å². The highest BCUT2D eigenvalue weighted by molar-refractivity contribution is 5.85. The van der Waals surface area contributed by atoms with Gasteiger partial charge in [-0.15, -0.1) is 12.4 Å². The van der Waals surface area contributed by atoms with E-state index in [-0.39, 0.29) is 12.4 Å². The van der Waals surface area contributed by atoms with Crippen molar-refractivity contribution in [2.45, 2.75) is 32.7 Å². The smallest absolute Gasteiger partial charge is 0.00607 e. The second kappa shape index (κ2) is 6.37. The van der Waals surface area contributed by atoms with Gasteiger partial charge in [-0.2, -0.15) is 0 Å². The van der Waals surface area contributed by atoms with Crippen LogP contribution in [0.4, 0.5) is 0 Å². The summed E-state index contributed by atoms with van der Waals surface area (Å²) in [6.45, 7) is 4.48. The van der Waals surface area contributed by atoms with Crippen LogP contribution in [0, 0.1) is 0 Å². The Labute approximate surface area is 64.8 Å². The minimum absolute atomic E-state index is 0. The Morgan fingerprint density at radius 1 is 1.33 bits per heavy atom. The van der Waals surface area contributed by atoms with Gasteiger partial charge in [0.2, 0.25) is 0 Å². The molecule has 58 valence electrons. The maximum atomic E-state index is 2.25. The minimum atomic E-state index is 0. The third kappa shape index (κ3) is 6.13. The molecule has 1 atom stereocenters. The summed E-state index contributed by atoms with van der Waals surface area (Å²) in [5, 5.41) is 0. The van der Waals surface area contributed by atoms with Gasteiger partial charge in [0.1, 0.15) is 0 Å². The fourth-order valence-corrected chi connectivity index (χ4v) is 0.676. The molecule has 0 aromatic carbocycles. The zero-order chi connectivity index (χ0) is 6.57. The summed E-state index contributed by atoms with van der Waals surface area (Å²) in [5.74, 6) is 0. The van der Waals surface area contributed by atoms with E-state index in [1.807, 2.05) is 0 Å². The molecule has 0 aromatic heterocycles. The van der Waals surface area contributed by atoms with Gasteiger partial charge in [0.05, 0.1) is 0 Å². The fraction of sp³-hybridized carbons (Fsp3) is 1.00. The highest BCUT2D eigenvalue weighted by Gasteiger charge is 1.99. The van der Waals surface area contributed by atoms with Crippen molar-refractivity contribution < 1.29 is 0 Å². The third-order valence-electron chi connectivity index (χ3n) is 1.59. The van der Waals surface area contributed by atoms with E-state index in [0.29, 0.717) is 0 Å². The molecule has 0 aliphatic heterocycles. The molecule has 0 heterocycles. The molecule has 0 aliphatic rings. The molecule has 0 saturated heterocycles. The first-order valence-corrected chi connectivity index (χ1v) is 3.35. The molecule has 0 fully saturated rings. The molecule has 0 radical (unpaired) electrons. The van der Waals surface area contributed by atoms with Crippen molar-refractivity contribution in [2.24, 2.45) is 0 Å². The fourth-order valence-electron chi connectivity index (χ4n) is 0.676. The predicted molar refractivity (Wildman–Crippen MR) is 45.3 cm³/mol. The summed E-state index contributed by atoms with van der Waals surface area (Å²) in [6.07, 6.45) is 2.60. The average Bonchev–Trinajstić information content (AvgIpc) is 1.67. The van der Waals surface area contributed by atoms with E-state index in [9.17, 15) is 0 Å². The molecular weight excluding hydrogens is 134 g/mol. The molecule has 0 aromatic rings. The van der Waals surface area contributed by atoms with Crippen LogP contribution in [0.2, 0.25) is 0 Å². The Morgan fingerprint density at radius 2 is 1.78 bits per heavy atom. The van der Waals surface area contributed by atoms with E-state index < -0.39 is 0 Å². The van der Waals surface area contributed by atoms with Gasteiger partial charge in [0, 0.05) is 6.04 Å². The van der Waals surface area contributed by atoms with E-state index in [4.69, 9.17) is 0 Å². The standard InChI is InChI=1S/C7H17N.ClH/c1-5-6-7(2)8(3)4;/h7H,5-6H2,1-4H3;1H. The second-order valence-corrected chi connectivity index (χ2v) is 2.60. The lowest BCUT2D eigenvalue weighted by molar-refractivity contribution is 0.297. The van der Waals surface area contributed by atoms with Gasteiger partial charge in [-0.3, -0.25) is 0 Å². The zero-order valence-corrected chi connectivity index (χ0v) is 7.66. The maximum Gasteiger partial charge on any atom is 0.00607 e. The van der Waals surface area contributed by atoms with Crippen LogP contribution in [0.3, 0.4) is 0 Å². The van der Waals surface area contributed by atoms with Gasteiger partial charge in [0.15, 0.2) is 0 Å². The Bertz CT molecular complexity index is 54.9. The third-order valence-corrected chi connectivity index (χ3v) is 1.59. The Morgan fingerprint density at radius 3 is 1.89 bits per heavy atom. The molecule has 0 rings (SSSR count). The molecule has 0 spiro atoms. The van der Waals surface area contributed by atoms with E-state index in [0.717, 1.165) is 6.04 Å². The van der Waals surface area contributed by atoms with Crippen LogP contribution in [0.25, 0.3) is 0 Å². The maximum absolute atomic E-state index is 2.25. The summed E-state index contributed by atoms with van der Waals surface area (Å²) in [5.41, 5.74) is 0. The number of nitrogens with zero attached hydrogens (tertiary/aromatic N) is 1. The largest absolute Gasteiger partial charge is 0.307 e. The van der Waals surface area contributed by atoms with E-state index >= 15 is 0 Å². The normalized spacial score (nSPS) is 13.0. The van der Waals surface area contributed by atoms with Crippen molar-refractivity contribution in [1.82, 2.24) is 4.90 Å². The van der Waals surface area contributed by atoms with Crippen molar-refractivity contribution in [3.05, 3.63) is 0 Å². The van der Waals surface area contributed by atoms with Gasteiger partial charge < -0.3 is 4.90 Å². The van der Waals surface area contributed by atoms with E-state index in [1.54, 1.807) is 0 Å². The molecule has 0 amide bonds. The average molecular weight is 152 g/mol. The summed E-state index contributed by atoms with van der Waals surface area (Å²) in [7, 11) is 4.25. The Hall–Kier alpha value is 0.250. The van der Waals surface area contributed by atoms with Crippen molar-refractivity contribution in [3.8, 4) is 0 Å². The van der Waals surface area contributed by atoms with Gasteiger partial charge in [-0.05, 0) is 27.4 Å². The van der Waals surface area contributed by atoms with Crippen molar-refractivity contribution in [2.75, 3.05) is 14.1 Å². The van der Waals surface area contributed by atoms with Gasteiger partial charge in [-0.25, -0.2) is 0 Å². The quantitative estimate of drug-likeness (QED) is 0.598. The number of hydrogen-bond donors (Lipinski definition) is 0. The monoisotopic (exact) mass is 151 g/mol. The zero-order valence-electron chi connectivity index (χ0n) is 6.85. The van der Waals surface area contributed by atoms with Gasteiger partial charge in [-0.1, -0.05) is 13.3 Å². The van der Waals surface area contributed by atoms with Crippen LogP contribution in [-0.2, 0) is 0 Å². The van der Waals surface area contributed by atoms with Crippen LogP contribution >= 0.6 is 12.4 Å². The summed E-state index contributed by atoms with van der Waals surface area (Å²) in [6, 6.07) is 0.750. The predicted octanol–water partition coefficient (Wildman–Crippen LogP) is 2.16. The molecule has 9 heavy (non-hydrogen) atoms. The van der Waals surface area contributed by atoms with Crippen molar-refractivity contribution >= 4 is 12.4 Å². The first kappa shape index (κ1) is 12.0. The topological polar surface area (TPSA) is 3.24 Å². The molecule has 0 aliphatic carbocycles. The Balaban J connectivity index is 0. The molecule has 0 N–H and O–H groups in total. The summed E-state index contributed by atoms with van der Waals surface area (Å²) in [4.78, 5) is 2.25. The summed E-state index contributed by atoms with van der Waals surface area (Å²) >= 11 is 0. The molecule has 0 saturated carbocycles. The number of hydrogen-bond acceptors (Lipinski definition) is 1. The second-order valence-electron chi connectivity index (χ2n) is 2.60.